The smallest absolute Gasteiger partial charge is 0.462 e. The number of unbranched alkanes of at least 4 members (excludes halogenated alkanes) is 45. The SMILES string of the molecule is CCCCCCCCCCCCCCCCCCCCCC(=O)OC[C@H](COP(=O)(O)OC[C@@H](O)COP(=O)(O)OC[C@@H](COC(=O)CCCCCCCCCC)OC(=O)CCCCCCCCC(C)C)OC(=O)CCCCCCCCCCCCCCCCCCC(C)C. The molecule has 0 radical (unpaired) electrons. The Labute approximate surface area is 581 Å². The van der Waals surface area contributed by atoms with E-state index in [0.29, 0.717) is 31.6 Å². The number of phosphoric ester groups is 2. The lowest BCUT2D eigenvalue weighted by Gasteiger charge is -2.21. The standard InChI is InChI=1S/C76H148O17P2/c1-7-9-11-13-15-17-18-19-20-21-22-23-27-30-33-36-40-47-53-59-74(79)87-64-71(92-75(80)60-54-48-41-37-34-31-28-25-24-26-29-32-35-38-44-50-56-68(3)4)66-90-94(82,83)88-62-70(77)63-89-95(84,85)91-67-72(65-86-73(78)58-52-46-39-16-14-12-10-8-2)93-76(81)61-55-49-43-42-45-51-57-69(5)6/h68-72,77H,7-67H2,1-6H3,(H,82,83)(H,84,85)/t70-,71-,72-/m1/s1. The minimum atomic E-state index is -4.96. The predicted molar refractivity (Wildman–Crippen MR) is 386 cm³/mol. The largest absolute Gasteiger partial charge is 0.472 e. The lowest BCUT2D eigenvalue weighted by atomic mass is 10.0. The lowest BCUT2D eigenvalue weighted by molar-refractivity contribution is -0.161. The summed E-state index contributed by atoms with van der Waals surface area (Å²) in [5.74, 6) is -0.645. The van der Waals surface area contributed by atoms with Crippen LogP contribution in [0.3, 0.4) is 0 Å². The lowest BCUT2D eigenvalue weighted by Crippen LogP contribution is -2.30. The van der Waals surface area contributed by atoms with E-state index in [1.807, 2.05) is 0 Å². The molecule has 5 atom stereocenters. The van der Waals surface area contributed by atoms with Crippen molar-refractivity contribution in [3.05, 3.63) is 0 Å². The van der Waals surface area contributed by atoms with Crippen molar-refractivity contribution >= 4 is 39.5 Å². The summed E-state index contributed by atoms with van der Waals surface area (Å²) in [4.78, 5) is 72.6. The zero-order chi connectivity index (χ0) is 70.0. The zero-order valence-corrected chi connectivity index (χ0v) is 63.8. The highest BCUT2D eigenvalue weighted by Gasteiger charge is 2.30. The molecule has 0 rings (SSSR count). The average Bonchev–Trinajstić information content (AvgIpc) is 1.77. The van der Waals surface area contributed by atoms with Crippen molar-refractivity contribution in [2.24, 2.45) is 11.8 Å². The van der Waals surface area contributed by atoms with Gasteiger partial charge >= 0.3 is 39.5 Å². The number of hydrogen-bond donors (Lipinski definition) is 3. The second kappa shape index (κ2) is 67.9. The second-order valence-corrected chi connectivity index (χ2v) is 31.3. The van der Waals surface area contributed by atoms with Crippen molar-refractivity contribution in [2.45, 2.75) is 413 Å². The fraction of sp³-hybridized carbons (Fsp3) is 0.947. The first-order valence-corrected chi connectivity index (χ1v) is 42.5. The highest BCUT2D eigenvalue weighted by atomic mass is 31.2. The molecule has 0 fully saturated rings. The Bertz CT molecular complexity index is 1840. The number of aliphatic hydroxyl groups is 1. The molecule has 95 heavy (non-hydrogen) atoms. The Morgan fingerprint density at radius 2 is 0.484 bits per heavy atom. The number of hydrogen-bond acceptors (Lipinski definition) is 15. The third-order valence-electron chi connectivity index (χ3n) is 17.7. The first-order chi connectivity index (χ1) is 45.9. The topological polar surface area (TPSA) is 237 Å². The van der Waals surface area contributed by atoms with E-state index in [1.165, 1.54) is 205 Å². The van der Waals surface area contributed by atoms with Crippen LogP contribution in [0.25, 0.3) is 0 Å². The predicted octanol–water partition coefficient (Wildman–Crippen LogP) is 22.3. The number of carbonyl (C=O) groups excluding carboxylic acids is 4. The molecule has 0 aliphatic heterocycles. The van der Waals surface area contributed by atoms with E-state index in [9.17, 15) is 43.2 Å². The zero-order valence-electron chi connectivity index (χ0n) is 62.0. The van der Waals surface area contributed by atoms with Gasteiger partial charge in [0.1, 0.15) is 19.3 Å². The summed E-state index contributed by atoms with van der Waals surface area (Å²) in [6.07, 6.45) is 55.9. The molecule has 0 heterocycles. The van der Waals surface area contributed by atoms with Gasteiger partial charge in [-0.25, -0.2) is 9.13 Å². The van der Waals surface area contributed by atoms with Gasteiger partial charge in [-0.2, -0.15) is 0 Å². The Hall–Kier alpha value is -1.94. The third-order valence-corrected chi connectivity index (χ3v) is 19.6. The van der Waals surface area contributed by atoms with Crippen LogP contribution in [0.4, 0.5) is 0 Å². The van der Waals surface area contributed by atoms with E-state index in [-0.39, 0.29) is 25.7 Å². The van der Waals surface area contributed by atoms with E-state index in [0.717, 1.165) is 102 Å². The van der Waals surface area contributed by atoms with Crippen LogP contribution in [0, 0.1) is 11.8 Å². The molecular weight excluding hydrogens is 1250 g/mol. The molecule has 0 aliphatic rings. The summed E-state index contributed by atoms with van der Waals surface area (Å²) < 4.78 is 68.4. The van der Waals surface area contributed by atoms with Crippen molar-refractivity contribution in [1.82, 2.24) is 0 Å². The molecular formula is C76H148O17P2. The monoisotopic (exact) mass is 1400 g/mol. The quantitative estimate of drug-likeness (QED) is 0.0222. The summed E-state index contributed by atoms with van der Waals surface area (Å²) in [6.45, 7) is 9.50. The van der Waals surface area contributed by atoms with E-state index < -0.39 is 97.5 Å². The Balaban J connectivity index is 5.16. The van der Waals surface area contributed by atoms with Crippen molar-refractivity contribution < 1.29 is 80.2 Å². The first-order valence-electron chi connectivity index (χ1n) is 39.5. The van der Waals surface area contributed by atoms with Crippen LogP contribution in [0.1, 0.15) is 395 Å². The summed E-state index contributed by atoms with van der Waals surface area (Å²) in [5, 5.41) is 10.6. The molecule has 17 nitrogen and oxygen atoms in total. The number of aliphatic hydroxyl groups excluding tert-OH is 1. The number of phosphoric acid groups is 2. The van der Waals surface area contributed by atoms with Crippen molar-refractivity contribution in [2.75, 3.05) is 39.6 Å². The van der Waals surface area contributed by atoms with E-state index >= 15 is 0 Å². The number of ether oxygens (including phenoxy) is 4. The average molecular weight is 1400 g/mol. The molecule has 564 valence electrons. The molecule has 0 aliphatic carbocycles. The van der Waals surface area contributed by atoms with Crippen LogP contribution in [0.5, 0.6) is 0 Å². The van der Waals surface area contributed by atoms with Gasteiger partial charge in [0.2, 0.25) is 0 Å². The molecule has 2 unspecified atom stereocenters. The molecule has 0 spiro atoms. The van der Waals surface area contributed by atoms with Crippen molar-refractivity contribution in [3.8, 4) is 0 Å². The van der Waals surface area contributed by atoms with Gasteiger partial charge in [-0.15, -0.1) is 0 Å². The maximum Gasteiger partial charge on any atom is 0.472 e. The third kappa shape index (κ3) is 70.3. The van der Waals surface area contributed by atoms with Gasteiger partial charge in [0.25, 0.3) is 0 Å². The van der Waals surface area contributed by atoms with Crippen LogP contribution in [-0.4, -0.2) is 96.7 Å². The molecule has 0 saturated heterocycles. The van der Waals surface area contributed by atoms with Crippen LogP contribution in [0.15, 0.2) is 0 Å². The minimum absolute atomic E-state index is 0.102. The number of esters is 4. The van der Waals surface area contributed by atoms with E-state index in [2.05, 4.69) is 41.5 Å². The van der Waals surface area contributed by atoms with Gasteiger partial charge in [0, 0.05) is 25.7 Å². The fourth-order valence-corrected chi connectivity index (χ4v) is 13.2. The van der Waals surface area contributed by atoms with E-state index in [1.54, 1.807) is 0 Å². The van der Waals surface area contributed by atoms with E-state index in [4.69, 9.17) is 37.0 Å². The molecule has 0 aromatic rings. The molecule has 0 aromatic heterocycles. The maximum absolute atomic E-state index is 13.1. The Kier molecular flexibility index (Phi) is 66.5. The van der Waals surface area contributed by atoms with Gasteiger partial charge in [-0.3, -0.25) is 37.3 Å². The van der Waals surface area contributed by atoms with Crippen molar-refractivity contribution in [1.29, 1.82) is 0 Å². The van der Waals surface area contributed by atoms with Crippen LogP contribution in [0.2, 0.25) is 0 Å². The van der Waals surface area contributed by atoms with Crippen molar-refractivity contribution in [3.63, 3.8) is 0 Å². The van der Waals surface area contributed by atoms with Gasteiger partial charge in [-0.05, 0) is 37.5 Å². The van der Waals surface area contributed by atoms with Crippen LogP contribution >= 0.6 is 15.6 Å². The van der Waals surface area contributed by atoms with Gasteiger partial charge < -0.3 is 33.8 Å². The highest BCUT2D eigenvalue weighted by Crippen LogP contribution is 2.45. The molecule has 0 saturated carbocycles. The Morgan fingerprint density at radius 3 is 0.716 bits per heavy atom. The summed E-state index contributed by atoms with van der Waals surface area (Å²) in [6, 6.07) is 0. The molecule has 0 amide bonds. The maximum atomic E-state index is 13.1. The Morgan fingerprint density at radius 1 is 0.284 bits per heavy atom. The summed E-state index contributed by atoms with van der Waals surface area (Å²) in [7, 11) is -9.90. The van der Waals surface area contributed by atoms with Crippen LogP contribution in [-0.2, 0) is 65.4 Å². The normalized spacial score (nSPS) is 14.0. The van der Waals surface area contributed by atoms with Gasteiger partial charge in [0.05, 0.1) is 26.4 Å². The minimum Gasteiger partial charge on any atom is -0.462 e. The van der Waals surface area contributed by atoms with Crippen LogP contribution < -0.4 is 0 Å². The first kappa shape index (κ1) is 93.1. The molecule has 3 N–H and O–H groups in total. The number of carbonyl (C=O) groups is 4. The van der Waals surface area contributed by atoms with Gasteiger partial charge in [-0.1, -0.05) is 343 Å². The van der Waals surface area contributed by atoms with Gasteiger partial charge in [0.15, 0.2) is 12.2 Å². The molecule has 0 aromatic carbocycles. The highest BCUT2D eigenvalue weighted by molar-refractivity contribution is 7.47. The second-order valence-electron chi connectivity index (χ2n) is 28.3. The summed E-state index contributed by atoms with van der Waals surface area (Å²) >= 11 is 0. The number of rotatable bonds is 75. The fourth-order valence-electron chi connectivity index (χ4n) is 11.7. The summed E-state index contributed by atoms with van der Waals surface area (Å²) in [5.41, 5.74) is 0. The molecule has 19 heteroatoms. The molecule has 0 bridgehead atoms.